The van der Waals surface area contributed by atoms with E-state index in [2.05, 4.69) is 112 Å². The van der Waals surface area contributed by atoms with Gasteiger partial charge in [-0.15, -0.1) is 0 Å². The number of rotatable bonds is 22. The summed E-state index contributed by atoms with van der Waals surface area (Å²) >= 11 is 0. The van der Waals surface area contributed by atoms with Crippen LogP contribution in [0.1, 0.15) is 119 Å². The standard InChI is InChI=1S/C33H40N3O2.C13H28O/c1-37-27-38-26-25-36-32(19-13-28-9-15-30(16-10-28)34-21-2-3-22-34)7-6-8-33(36)20-14-29-11-17-31(18-12-29)35-23-4-5-24-35;1-3-4-5-6-7-8-9-10-11-12-13-14-2/h6-20H,2-5,21-27H2,1H3;3-13H2,1-2H3/q+1;. The molecule has 6 nitrogen and oxygen atoms in total. The second kappa shape index (κ2) is 25.5. The van der Waals surface area contributed by atoms with Gasteiger partial charge in [0.1, 0.15) is 13.4 Å². The van der Waals surface area contributed by atoms with Crippen molar-refractivity contribution in [3.05, 3.63) is 89.2 Å². The van der Waals surface area contributed by atoms with Gasteiger partial charge in [-0.05, 0) is 85.7 Å². The lowest BCUT2D eigenvalue weighted by molar-refractivity contribution is -0.701. The number of hydrogen-bond donors (Lipinski definition) is 0. The van der Waals surface area contributed by atoms with E-state index in [4.69, 9.17) is 14.2 Å². The molecule has 2 aromatic carbocycles. The van der Waals surface area contributed by atoms with Crippen LogP contribution in [-0.2, 0) is 20.8 Å². The Morgan fingerprint density at radius 1 is 0.538 bits per heavy atom. The van der Waals surface area contributed by atoms with Gasteiger partial charge in [0.05, 0.1) is 0 Å². The van der Waals surface area contributed by atoms with Crippen molar-refractivity contribution < 1.29 is 18.8 Å². The normalized spacial score (nSPS) is 14.5. The first-order valence-corrected chi connectivity index (χ1v) is 20.4. The van der Waals surface area contributed by atoms with Gasteiger partial charge in [0.25, 0.3) is 0 Å². The Labute approximate surface area is 316 Å². The number of benzene rings is 2. The molecule has 0 aliphatic carbocycles. The first-order chi connectivity index (χ1) is 25.7. The van der Waals surface area contributed by atoms with Crippen molar-refractivity contribution in [1.82, 2.24) is 0 Å². The summed E-state index contributed by atoms with van der Waals surface area (Å²) in [7, 11) is 3.44. The maximum atomic E-state index is 5.65. The predicted molar refractivity (Wildman–Crippen MR) is 222 cm³/mol. The Morgan fingerprint density at radius 2 is 1.00 bits per heavy atom. The molecule has 3 aromatic rings. The molecule has 0 atom stereocenters. The molecule has 2 aliphatic heterocycles. The number of pyridine rings is 1. The fourth-order valence-corrected chi connectivity index (χ4v) is 7.06. The minimum atomic E-state index is 0.302. The van der Waals surface area contributed by atoms with Crippen LogP contribution in [0.5, 0.6) is 0 Å². The minimum Gasteiger partial charge on any atom is -0.385 e. The lowest BCUT2D eigenvalue weighted by Gasteiger charge is -2.17. The van der Waals surface area contributed by atoms with Crippen molar-refractivity contribution in [1.29, 1.82) is 0 Å². The van der Waals surface area contributed by atoms with E-state index < -0.39 is 0 Å². The smallest absolute Gasteiger partial charge is 0.205 e. The zero-order chi connectivity index (χ0) is 36.5. The average Bonchev–Trinajstić information content (AvgIpc) is 3.93. The Morgan fingerprint density at radius 3 is 1.44 bits per heavy atom. The molecule has 52 heavy (non-hydrogen) atoms. The average molecular weight is 711 g/mol. The van der Waals surface area contributed by atoms with Crippen LogP contribution in [0.2, 0.25) is 0 Å². The number of aromatic nitrogens is 1. The third-order valence-electron chi connectivity index (χ3n) is 10.1. The molecule has 2 fully saturated rings. The molecule has 0 amide bonds. The van der Waals surface area contributed by atoms with Crippen molar-refractivity contribution >= 4 is 35.7 Å². The first kappa shape index (κ1) is 41.3. The highest BCUT2D eigenvalue weighted by molar-refractivity contribution is 5.70. The lowest BCUT2D eigenvalue weighted by atomic mass is 10.1. The van der Waals surface area contributed by atoms with Crippen LogP contribution >= 0.6 is 0 Å². The molecule has 0 bridgehead atoms. The van der Waals surface area contributed by atoms with E-state index in [0.29, 0.717) is 13.4 Å². The van der Waals surface area contributed by atoms with Crippen molar-refractivity contribution in [2.75, 3.05) is 70.2 Å². The molecule has 1 aromatic heterocycles. The summed E-state index contributed by atoms with van der Waals surface area (Å²) in [5, 5.41) is 0. The maximum Gasteiger partial charge on any atom is 0.205 e. The Bertz CT molecular complexity index is 1310. The van der Waals surface area contributed by atoms with Gasteiger partial charge in [-0.2, -0.15) is 4.57 Å². The van der Waals surface area contributed by atoms with Crippen LogP contribution in [0.4, 0.5) is 11.4 Å². The molecule has 0 spiro atoms. The van der Waals surface area contributed by atoms with Gasteiger partial charge >= 0.3 is 0 Å². The molecule has 0 N–H and O–H groups in total. The fraction of sp³-hybridized carbons (Fsp3) is 0.543. The summed E-state index contributed by atoms with van der Waals surface area (Å²) in [4.78, 5) is 4.94. The number of anilines is 2. The topological polar surface area (TPSA) is 38.1 Å². The highest BCUT2D eigenvalue weighted by Gasteiger charge is 2.15. The van der Waals surface area contributed by atoms with Crippen molar-refractivity contribution in [3.63, 3.8) is 0 Å². The highest BCUT2D eigenvalue weighted by atomic mass is 16.7. The monoisotopic (exact) mass is 711 g/mol. The second-order valence-corrected chi connectivity index (χ2v) is 14.3. The number of methoxy groups -OCH3 is 2. The third-order valence-corrected chi connectivity index (χ3v) is 10.1. The SMILES string of the molecule is CCCCCCCCCCCCOC.COCOCC[n+]1c(/C=C/c2ccc(N3CCCC3)cc2)cccc1/C=C/c1ccc(N2CCCC2)cc1. The van der Waals surface area contributed by atoms with E-state index in [1.165, 1.54) is 139 Å². The summed E-state index contributed by atoms with van der Waals surface area (Å²) in [5.41, 5.74) is 7.34. The van der Waals surface area contributed by atoms with E-state index in [1.807, 2.05) is 0 Å². The molecule has 6 heteroatoms. The molecular formula is C46H68N3O3+. The predicted octanol–water partition coefficient (Wildman–Crippen LogP) is 10.7. The number of nitrogens with zero attached hydrogens (tertiary/aromatic N) is 3. The number of unbranched alkanes of at least 4 members (excludes halogenated alkanes) is 9. The Hall–Kier alpha value is -3.45. The van der Waals surface area contributed by atoms with Crippen molar-refractivity contribution in [2.45, 2.75) is 103 Å². The highest BCUT2D eigenvalue weighted by Crippen LogP contribution is 2.22. The molecular weight excluding hydrogens is 643 g/mol. The van der Waals surface area contributed by atoms with Crippen LogP contribution in [-0.4, -0.2) is 60.4 Å². The van der Waals surface area contributed by atoms with E-state index in [-0.39, 0.29) is 0 Å². The van der Waals surface area contributed by atoms with Gasteiger partial charge in [-0.3, -0.25) is 0 Å². The van der Waals surface area contributed by atoms with E-state index in [0.717, 1.165) is 24.5 Å². The first-order valence-electron chi connectivity index (χ1n) is 20.4. The van der Waals surface area contributed by atoms with Gasteiger partial charge in [-0.1, -0.05) is 89.0 Å². The molecule has 0 radical (unpaired) electrons. The zero-order valence-corrected chi connectivity index (χ0v) is 32.8. The molecule has 0 saturated carbocycles. The molecule has 284 valence electrons. The van der Waals surface area contributed by atoms with Crippen LogP contribution < -0.4 is 14.4 Å². The van der Waals surface area contributed by atoms with Gasteiger partial charge in [-0.25, -0.2) is 0 Å². The number of hydrogen-bond acceptors (Lipinski definition) is 5. The summed E-state index contributed by atoms with van der Waals surface area (Å²) in [6, 6.07) is 24.3. The van der Waals surface area contributed by atoms with Gasteiger partial charge in [0, 0.05) is 82.7 Å². The minimum absolute atomic E-state index is 0.302. The second-order valence-electron chi connectivity index (χ2n) is 14.3. The van der Waals surface area contributed by atoms with E-state index >= 15 is 0 Å². The summed E-state index contributed by atoms with van der Waals surface area (Å²) in [5.74, 6) is 0. The number of ether oxygens (including phenoxy) is 3. The zero-order valence-electron chi connectivity index (χ0n) is 32.8. The Balaban J connectivity index is 0.000000368. The van der Waals surface area contributed by atoms with Gasteiger partial charge < -0.3 is 24.0 Å². The molecule has 3 heterocycles. The third kappa shape index (κ3) is 15.3. The van der Waals surface area contributed by atoms with Crippen molar-refractivity contribution in [2.24, 2.45) is 0 Å². The van der Waals surface area contributed by atoms with Gasteiger partial charge in [0.15, 0.2) is 6.54 Å². The summed E-state index contributed by atoms with van der Waals surface area (Å²) in [6.07, 6.45) is 28.0. The van der Waals surface area contributed by atoms with Crippen LogP contribution in [0, 0.1) is 0 Å². The van der Waals surface area contributed by atoms with Crippen molar-refractivity contribution in [3.8, 4) is 0 Å². The lowest BCUT2D eigenvalue weighted by Crippen LogP contribution is -2.42. The van der Waals surface area contributed by atoms with Crippen LogP contribution in [0.15, 0.2) is 66.7 Å². The van der Waals surface area contributed by atoms with E-state index in [9.17, 15) is 0 Å². The molecule has 2 aliphatic rings. The maximum absolute atomic E-state index is 5.65. The molecule has 2 saturated heterocycles. The van der Waals surface area contributed by atoms with E-state index in [1.54, 1.807) is 14.2 Å². The fourth-order valence-electron chi connectivity index (χ4n) is 7.06. The quantitative estimate of drug-likeness (QED) is 0.0590. The summed E-state index contributed by atoms with van der Waals surface area (Å²) < 4.78 is 18.0. The Kier molecular flexibility index (Phi) is 20.3. The van der Waals surface area contributed by atoms with Crippen LogP contribution in [0.3, 0.4) is 0 Å². The largest absolute Gasteiger partial charge is 0.385 e. The summed E-state index contributed by atoms with van der Waals surface area (Å²) in [6.45, 7) is 9.52. The molecule has 5 rings (SSSR count). The van der Waals surface area contributed by atoms with Crippen LogP contribution in [0.25, 0.3) is 24.3 Å². The van der Waals surface area contributed by atoms with Gasteiger partial charge in [0.2, 0.25) is 11.4 Å². The molecule has 0 unspecified atom stereocenters.